The quantitative estimate of drug-likeness (QED) is 0.750. The van der Waals surface area contributed by atoms with Gasteiger partial charge in [-0.3, -0.25) is 14.6 Å². The summed E-state index contributed by atoms with van der Waals surface area (Å²) in [4.78, 5) is 29.5. The number of piperidine rings is 1. The van der Waals surface area contributed by atoms with Gasteiger partial charge in [0.15, 0.2) is 0 Å². The molecular weight excluding hydrogens is 268 g/mol. The average Bonchev–Trinajstić information content (AvgIpc) is 2.49. The number of carbonyl (C=O) groups excluding carboxylic acids is 2. The van der Waals surface area contributed by atoms with Crippen molar-refractivity contribution in [3.63, 3.8) is 0 Å². The van der Waals surface area contributed by atoms with Crippen LogP contribution in [-0.4, -0.2) is 41.5 Å². The number of pyridine rings is 1. The second kappa shape index (κ2) is 7.76. The third-order valence-corrected chi connectivity index (χ3v) is 3.80. The van der Waals surface area contributed by atoms with Gasteiger partial charge in [-0.2, -0.15) is 0 Å². The normalized spacial score (nSPS) is 18.6. The van der Waals surface area contributed by atoms with E-state index in [1.807, 2.05) is 12.1 Å². The molecular formula is C16H22N2O3. The highest BCUT2D eigenvalue weighted by molar-refractivity contribution is 5.84. The number of esters is 1. The molecule has 5 nitrogen and oxygen atoms in total. The minimum absolute atomic E-state index is 0.0151. The third-order valence-electron chi connectivity index (χ3n) is 3.80. The van der Waals surface area contributed by atoms with Crippen molar-refractivity contribution in [3.05, 3.63) is 30.1 Å². The molecule has 114 valence electrons. The van der Waals surface area contributed by atoms with E-state index in [2.05, 4.69) is 4.98 Å². The number of ether oxygens (including phenoxy) is 1. The summed E-state index contributed by atoms with van der Waals surface area (Å²) in [6.45, 7) is 2.86. The van der Waals surface area contributed by atoms with E-state index in [0.717, 1.165) is 25.7 Å². The predicted octanol–water partition coefficient (Wildman–Crippen LogP) is 1.82. The van der Waals surface area contributed by atoms with Gasteiger partial charge in [0.25, 0.3) is 0 Å². The Hall–Kier alpha value is -1.91. The molecule has 5 heteroatoms. The maximum absolute atomic E-state index is 12.4. The number of likely N-dealkylation sites (tertiary alicyclic amines) is 1. The zero-order chi connectivity index (χ0) is 15.1. The van der Waals surface area contributed by atoms with E-state index in [4.69, 9.17) is 4.74 Å². The Labute approximate surface area is 125 Å². The molecule has 0 aliphatic carbocycles. The van der Waals surface area contributed by atoms with Crippen LogP contribution in [-0.2, 0) is 20.7 Å². The summed E-state index contributed by atoms with van der Waals surface area (Å²) in [7, 11) is 0. The monoisotopic (exact) mass is 290 g/mol. The predicted molar refractivity (Wildman–Crippen MR) is 78.5 cm³/mol. The lowest BCUT2D eigenvalue weighted by Crippen LogP contribution is -2.44. The fraction of sp³-hybridized carbons (Fsp3) is 0.562. The Balaban J connectivity index is 1.86. The maximum Gasteiger partial charge on any atom is 0.325 e. The number of nitrogens with zero attached hydrogens (tertiary/aromatic N) is 2. The van der Waals surface area contributed by atoms with Gasteiger partial charge < -0.3 is 9.64 Å². The summed E-state index contributed by atoms with van der Waals surface area (Å²) < 4.78 is 4.92. The van der Waals surface area contributed by atoms with Crippen LogP contribution in [0.1, 0.15) is 31.7 Å². The minimum atomic E-state index is -0.319. The molecule has 1 aliphatic heterocycles. The highest BCUT2D eigenvalue weighted by atomic mass is 16.5. The number of aromatic nitrogens is 1. The molecule has 1 aliphatic rings. The van der Waals surface area contributed by atoms with Crippen LogP contribution in [0.5, 0.6) is 0 Å². The lowest BCUT2D eigenvalue weighted by atomic mass is 9.91. The van der Waals surface area contributed by atoms with Crippen LogP contribution in [0.15, 0.2) is 24.5 Å². The van der Waals surface area contributed by atoms with Crippen molar-refractivity contribution < 1.29 is 14.3 Å². The lowest BCUT2D eigenvalue weighted by molar-refractivity contribution is -0.151. The van der Waals surface area contributed by atoms with Crippen LogP contribution in [0.25, 0.3) is 0 Å². The summed E-state index contributed by atoms with van der Waals surface area (Å²) in [5, 5.41) is 0. The molecule has 0 radical (unpaired) electrons. The van der Waals surface area contributed by atoms with Crippen molar-refractivity contribution in [1.82, 2.24) is 9.88 Å². The van der Waals surface area contributed by atoms with Crippen molar-refractivity contribution in [2.75, 3.05) is 19.7 Å². The second-order valence-corrected chi connectivity index (χ2v) is 5.30. The summed E-state index contributed by atoms with van der Waals surface area (Å²) in [6, 6.07) is 3.95. The topological polar surface area (TPSA) is 59.5 Å². The van der Waals surface area contributed by atoms with E-state index >= 15 is 0 Å². The number of hydrogen-bond acceptors (Lipinski definition) is 4. The fourth-order valence-electron chi connectivity index (χ4n) is 2.70. The first kappa shape index (κ1) is 15.5. The summed E-state index contributed by atoms with van der Waals surface area (Å²) in [5.41, 5.74) is 1.19. The Morgan fingerprint density at radius 2 is 2.19 bits per heavy atom. The van der Waals surface area contributed by atoms with Crippen molar-refractivity contribution >= 4 is 11.9 Å². The first-order valence-corrected chi connectivity index (χ1v) is 7.54. The molecule has 0 spiro atoms. The molecule has 1 amide bonds. The molecule has 0 bridgehead atoms. The molecule has 0 saturated carbocycles. The van der Waals surface area contributed by atoms with Gasteiger partial charge in [0.2, 0.25) is 5.91 Å². The van der Waals surface area contributed by atoms with Crippen LogP contribution < -0.4 is 0 Å². The van der Waals surface area contributed by atoms with Crippen LogP contribution in [0, 0.1) is 5.92 Å². The van der Waals surface area contributed by atoms with Gasteiger partial charge in [-0.1, -0.05) is 0 Å². The third kappa shape index (κ3) is 4.55. The average molecular weight is 290 g/mol. The molecule has 1 aromatic heterocycles. The van der Waals surface area contributed by atoms with E-state index in [1.165, 1.54) is 5.56 Å². The number of hydrogen-bond donors (Lipinski definition) is 0. The molecule has 0 N–H and O–H groups in total. The van der Waals surface area contributed by atoms with Gasteiger partial charge in [0.1, 0.15) is 6.54 Å². The van der Waals surface area contributed by atoms with E-state index in [9.17, 15) is 9.59 Å². The van der Waals surface area contributed by atoms with Crippen molar-refractivity contribution in [2.24, 2.45) is 5.92 Å². The highest BCUT2D eigenvalue weighted by Crippen LogP contribution is 2.22. The van der Waals surface area contributed by atoms with Crippen molar-refractivity contribution in [1.29, 1.82) is 0 Å². The van der Waals surface area contributed by atoms with Crippen LogP contribution in [0.3, 0.4) is 0 Å². The van der Waals surface area contributed by atoms with Gasteiger partial charge in [0, 0.05) is 24.9 Å². The van der Waals surface area contributed by atoms with Gasteiger partial charge in [-0.25, -0.2) is 0 Å². The molecule has 1 aromatic rings. The van der Waals surface area contributed by atoms with Crippen molar-refractivity contribution in [3.8, 4) is 0 Å². The number of rotatable bonds is 6. The first-order valence-electron chi connectivity index (χ1n) is 7.54. The zero-order valence-electron chi connectivity index (χ0n) is 12.5. The second-order valence-electron chi connectivity index (χ2n) is 5.30. The van der Waals surface area contributed by atoms with E-state index in [0.29, 0.717) is 13.2 Å². The van der Waals surface area contributed by atoms with Gasteiger partial charge in [-0.05, 0) is 50.3 Å². The maximum atomic E-state index is 12.4. The smallest absolute Gasteiger partial charge is 0.325 e. The summed E-state index contributed by atoms with van der Waals surface area (Å²) >= 11 is 0. The van der Waals surface area contributed by atoms with Gasteiger partial charge in [-0.15, -0.1) is 0 Å². The molecule has 2 rings (SSSR count). The molecule has 2 heterocycles. The van der Waals surface area contributed by atoms with E-state index in [1.54, 1.807) is 24.2 Å². The van der Waals surface area contributed by atoms with Crippen LogP contribution >= 0.6 is 0 Å². The minimum Gasteiger partial charge on any atom is -0.465 e. The lowest BCUT2D eigenvalue weighted by Gasteiger charge is -2.31. The van der Waals surface area contributed by atoms with E-state index in [-0.39, 0.29) is 24.3 Å². The SMILES string of the molecule is CCOC(=O)CN1CCCC(CCc2ccncc2)C1=O. The van der Waals surface area contributed by atoms with E-state index < -0.39 is 0 Å². The number of amides is 1. The Morgan fingerprint density at radius 1 is 1.43 bits per heavy atom. The van der Waals surface area contributed by atoms with Crippen LogP contribution in [0.2, 0.25) is 0 Å². The molecule has 1 saturated heterocycles. The Kier molecular flexibility index (Phi) is 5.72. The zero-order valence-corrected chi connectivity index (χ0v) is 12.5. The van der Waals surface area contributed by atoms with Gasteiger partial charge >= 0.3 is 5.97 Å². The standard InChI is InChI=1S/C16H22N2O3/c1-2-21-15(19)12-18-11-3-4-14(16(18)20)6-5-13-7-9-17-10-8-13/h7-10,14H,2-6,11-12H2,1H3. The fourth-order valence-corrected chi connectivity index (χ4v) is 2.70. The molecule has 1 fully saturated rings. The Morgan fingerprint density at radius 3 is 2.90 bits per heavy atom. The van der Waals surface area contributed by atoms with Gasteiger partial charge in [0.05, 0.1) is 6.61 Å². The Bertz CT molecular complexity index is 476. The number of carbonyl (C=O) groups is 2. The summed E-state index contributed by atoms with van der Waals surface area (Å²) in [5.74, 6) is -0.217. The molecule has 1 atom stereocenters. The van der Waals surface area contributed by atoms with Crippen LogP contribution in [0.4, 0.5) is 0 Å². The largest absolute Gasteiger partial charge is 0.465 e. The van der Waals surface area contributed by atoms with Crippen molar-refractivity contribution in [2.45, 2.75) is 32.6 Å². The number of aryl methyl sites for hydroxylation is 1. The molecule has 0 aromatic carbocycles. The highest BCUT2D eigenvalue weighted by Gasteiger charge is 2.29. The molecule has 21 heavy (non-hydrogen) atoms. The summed E-state index contributed by atoms with van der Waals surface area (Å²) in [6.07, 6.45) is 7.08. The molecule has 1 unspecified atom stereocenters. The first-order chi connectivity index (χ1) is 10.2.